The summed E-state index contributed by atoms with van der Waals surface area (Å²) in [5, 5.41) is 0. The van der Waals surface area contributed by atoms with Crippen LogP contribution in [-0.4, -0.2) is 17.0 Å². The van der Waals surface area contributed by atoms with Crippen molar-refractivity contribution >= 4 is 0 Å². The molecule has 0 amide bonds. The van der Waals surface area contributed by atoms with E-state index in [2.05, 4.69) is 49.1 Å². The summed E-state index contributed by atoms with van der Waals surface area (Å²) in [6, 6.07) is 9.04. The van der Waals surface area contributed by atoms with E-state index < -0.39 is 0 Å². The Labute approximate surface area is 111 Å². The molecule has 0 radical (unpaired) electrons. The topological polar surface area (TPSA) is 3.24 Å². The zero-order valence-electron chi connectivity index (χ0n) is 11.6. The fraction of sp³-hybridized carbons (Fsp3) is 0.529. The standard InChI is InChI=1S/C17H23N/c1-3-12-18(17(10-11-17)16-8-9-16)13-15-6-4-14(2)5-7-15/h4-8H,3,9-13H2,1-2H3. The summed E-state index contributed by atoms with van der Waals surface area (Å²) in [7, 11) is 0. The Balaban J connectivity index is 1.74. The van der Waals surface area contributed by atoms with Gasteiger partial charge in [0, 0.05) is 12.1 Å². The van der Waals surface area contributed by atoms with E-state index >= 15 is 0 Å². The molecule has 2 aliphatic rings. The van der Waals surface area contributed by atoms with Crippen molar-refractivity contribution in [2.45, 2.75) is 51.6 Å². The van der Waals surface area contributed by atoms with Gasteiger partial charge < -0.3 is 0 Å². The Morgan fingerprint density at radius 1 is 1.17 bits per heavy atom. The molecule has 1 saturated carbocycles. The molecule has 1 aromatic rings. The van der Waals surface area contributed by atoms with E-state index in [4.69, 9.17) is 0 Å². The molecule has 0 saturated heterocycles. The molecule has 0 bridgehead atoms. The molecule has 1 aromatic carbocycles. The summed E-state index contributed by atoms with van der Waals surface area (Å²) >= 11 is 0. The van der Waals surface area contributed by atoms with Gasteiger partial charge in [-0.05, 0) is 50.3 Å². The Hall–Kier alpha value is -1.08. The number of rotatable bonds is 6. The predicted molar refractivity (Wildman–Crippen MR) is 76.5 cm³/mol. The van der Waals surface area contributed by atoms with E-state index in [0.717, 1.165) is 6.54 Å². The third-order valence-electron chi connectivity index (χ3n) is 4.32. The lowest BCUT2D eigenvalue weighted by Gasteiger charge is -2.30. The molecule has 0 atom stereocenters. The van der Waals surface area contributed by atoms with Gasteiger partial charge >= 0.3 is 0 Å². The molecule has 0 N–H and O–H groups in total. The molecule has 18 heavy (non-hydrogen) atoms. The molecule has 0 aliphatic heterocycles. The molecular weight excluding hydrogens is 218 g/mol. The van der Waals surface area contributed by atoms with Gasteiger partial charge in [0.2, 0.25) is 0 Å². The Morgan fingerprint density at radius 2 is 1.83 bits per heavy atom. The number of benzene rings is 1. The van der Waals surface area contributed by atoms with Crippen LogP contribution in [0.1, 0.15) is 43.7 Å². The van der Waals surface area contributed by atoms with Crippen LogP contribution in [0.4, 0.5) is 0 Å². The zero-order valence-corrected chi connectivity index (χ0v) is 11.6. The maximum atomic E-state index is 2.72. The number of hydrogen-bond acceptors (Lipinski definition) is 1. The van der Waals surface area contributed by atoms with Gasteiger partial charge in [0.15, 0.2) is 0 Å². The van der Waals surface area contributed by atoms with Gasteiger partial charge in [-0.1, -0.05) is 42.8 Å². The highest BCUT2D eigenvalue weighted by Gasteiger charge is 2.52. The van der Waals surface area contributed by atoms with Crippen molar-refractivity contribution in [2.75, 3.05) is 6.54 Å². The van der Waals surface area contributed by atoms with Crippen LogP contribution in [0.3, 0.4) is 0 Å². The second kappa shape index (κ2) is 4.55. The van der Waals surface area contributed by atoms with Gasteiger partial charge in [-0.25, -0.2) is 0 Å². The third kappa shape index (κ3) is 2.24. The van der Waals surface area contributed by atoms with Crippen molar-refractivity contribution in [2.24, 2.45) is 0 Å². The van der Waals surface area contributed by atoms with Crippen LogP contribution in [0, 0.1) is 6.92 Å². The molecule has 3 rings (SSSR count). The number of hydrogen-bond donors (Lipinski definition) is 0. The second-order valence-electron chi connectivity index (χ2n) is 5.87. The lowest BCUT2D eigenvalue weighted by atomic mass is 10.1. The lowest BCUT2D eigenvalue weighted by Crippen LogP contribution is -2.37. The molecular formula is C17H23N. The van der Waals surface area contributed by atoms with Crippen LogP contribution < -0.4 is 0 Å². The molecule has 1 nitrogen and oxygen atoms in total. The minimum atomic E-state index is 0.473. The van der Waals surface area contributed by atoms with Crippen LogP contribution in [0.15, 0.2) is 35.9 Å². The Morgan fingerprint density at radius 3 is 2.33 bits per heavy atom. The van der Waals surface area contributed by atoms with Crippen LogP contribution in [0.2, 0.25) is 0 Å². The highest BCUT2D eigenvalue weighted by Crippen LogP contribution is 2.54. The number of allylic oxidation sites excluding steroid dienone is 1. The van der Waals surface area contributed by atoms with Crippen LogP contribution in [0.25, 0.3) is 0 Å². The first-order chi connectivity index (χ1) is 8.74. The highest BCUT2D eigenvalue weighted by atomic mass is 15.2. The fourth-order valence-electron chi connectivity index (χ4n) is 3.02. The Kier molecular flexibility index (Phi) is 3.03. The summed E-state index contributed by atoms with van der Waals surface area (Å²) in [6.45, 7) is 6.79. The van der Waals surface area contributed by atoms with Crippen molar-refractivity contribution in [1.82, 2.24) is 4.90 Å². The maximum absolute atomic E-state index is 2.72. The van der Waals surface area contributed by atoms with Gasteiger partial charge in [-0.2, -0.15) is 0 Å². The zero-order chi connectivity index (χ0) is 12.6. The van der Waals surface area contributed by atoms with Crippen LogP contribution in [0.5, 0.6) is 0 Å². The molecule has 1 fully saturated rings. The monoisotopic (exact) mass is 241 g/mol. The molecule has 96 valence electrons. The SMILES string of the molecule is CCCN(Cc1ccc(C)cc1)C1(C2=CC2)CC1. The minimum Gasteiger partial charge on any atom is -0.290 e. The van der Waals surface area contributed by atoms with Crippen molar-refractivity contribution in [3.63, 3.8) is 0 Å². The molecule has 0 spiro atoms. The van der Waals surface area contributed by atoms with E-state index in [1.807, 2.05) is 0 Å². The average Bonchev–Trinajstić information content (AvgIpc) is 3.23. The van der Waals surface area contributed by atoms with E-state index in [0.29, 0.717) is 5.54 Å². The van der Waals surface area contributed by atoms with Gasteiger partial charge in [0.25, 0.3) is 0 Å². The Bertz CT molecular complexity index is 451. The predicted octanol–water partition coefficient (Wildman–Crippen LogP) is 4.07. The quantitative estimate of drug-likeness (QED) is 0.679. The van der Waals surface area contributed by atoms with Gasteiger partial charge in [0.05, 0.1) is 0 Å². The molecule has 0 aromatic heterocycles. The largest absolute Gasteiger partial charge is 0.290 e. The van der Waals surface area contributed by atoms with E-state index in [-0.39, 0.29) is 0 Å². The number of nitrogens with zero attached hydrogens (tertiary/aromatic N) is 1. The summed E-state index contributed by atoms with van der Waals surface area (Å²) in [5.74, 6) is 0. The van der Waals surface area contributed by atoms with E-state index in [1.54, 1.807) is 5.57 Å². The normalized spacial score (nSPS) is 19.8. The molecule has 1 heteroatoms. The highest BCUT2D eigenvalue weighted by molar-refractivity contribution is 5.40. The van der Waals surface area contributed by atoms with E-state index in [9.17, 15) is 0 Å². The first kappa shape index (κ1) is 12.0. The summed E-state index contributed by atoms with van der Waals surface area (Å²) < 4.78 is 0. The summed E-state index contributed by atoms with van der Waals surface area (Å²) in [6.07, 6.45) is 7.70. The van der Waals surface area contributed by atoms with Gasteiger partial charge in [-0.3, -0.25) is 4.90 Å². The smallest absolute Gasteiger partial charge is 0.0428 e. The van der Waals surface area contributed by atoms with Crippen molar-refractivity contribution in [3.05, 3.63) is 47.0 Å². The third-order valence-corrected chi connectivity index (χ3v) is 4.32. The second-order valence-corrected chi connectivity index (χ2v) is 5.87. The molecule has 2 aliphatic carbocycles. The van der Waals surface area contributed by atoms with Crippen molar-refractivity contribution in [1.29, 1.82) is 0 Å². The molecule has 0 unspecified atom stereocenters. The minimum absolute atomic E-state index is 0.473. The molecule has 0 heterocycles. The average molecular weight is 241 g/mol. The number of aryl methyl sites for hydroxylation is 1. The van der Waals surface area contributed by atoms with Crippen molar-refractivity contribution in [3.8, 4) is 0 Å². The van der Waals surface area contributed by atoms with E-state index in [1.165, 1.54) is 43.4 Å². The van der Waals surface area contributed by atoms with Crippen LogP contribution in [-0.2, 0) is 6.54 Å². The maximum Gasteiger partial charge on any atom is 0.0428 e. The van der Waals surface area contributed by atoms with Gasteiger partial charge in [0.1, 0.15) is 0 Å². The fourth-order valence-corrected chi connectivity index (χ4v) is 3.02. The van der Waals surface area contributed by atoms with Gasteiger partial charge in [-0.15, -0.1) is 0 Å². The summed E-state index contributed by atoms with van der Waals surface area (Å²) in [5.41, 5.74) is 5.00. The first-order valence-electron chi connectivity index (χ1n) is 7.25. The van der Waals surface area contributed by atoms with Crippen molar-refractivity contribution < 1.29 is 0 Å². The lowest BCUT2D eigenvalue weighted by molar-refractivity contribution is 0.198. The van der Waals surface area contributed by atoms with Crippen LogP contribution >= 0.6 is 0 Å². The first-order valence-corrected chi connectivity index (χ1v) is 7.25. The summed E-state index contributed by atoms with van der Waals surface area (Å²) in [4.78, 5) is 2.72.